The van der Waals surface area contributed by atoms with Gasteiger partial charge in [0.05, 0.1) is 5.69 Å². The van der Waals surface area contributed by atoms with Crippen LogP contribution in [0.2, 0.25) is 0 Å². The number of tetrazole rings is 1. The predicted molar refractivity (Wildman–Crippen MR) is 76.4 cm³/mol. The van der Waals surface area contributed by atoms with E-state index in [0.717, 1.165) is 16.4 Å². The SMILES string of the molecule is CSc1nnnn1-c1cccc(-c2ccccc2)c1. The van der Waals surface area contributed by atoms with Gasteiger partial charge in [0.1, 0.15) is 0 Å². The van der Waals surface area contributed by atoms with Crippen LogP contribution in [0.15, 0.2) is 59.8 Å². The van der Waals surface area contributed by atoms with Gasteiger partial charge in [-0.05, 0) is 39.9 Å². The van der Waals surface area contributed by atoms with Crippen LogP contribution in [0.25, 0.3) is 16.8 Å². The van der Waals surface area contributed by atoms with Gasteiger partial charge in [0.2, 0.25) is 5.16 Å². The summed E-state index contributed by atoms with van der Waals surface area (Å²) in [5, 5.41) is 12.5. The summed E-state index contributed by atoms with van der Waals surface area (Å²) in [7, 11) is 0. The molecule has 5 heteroatoms. The van der Waals surface area contributed by atoms with E-state index in [1.807, 2.05) is 36.6 Å². The van der Waals surface area contributed by atoms with Crippen molar-refractivity contribution in [2.24, 2.45) is 0 Å². The highest BCUT2D eigenvalue weighted by atomic mass is 32.2. The van der Waals surface area contributed by atoms with E-state index in [1.54, 1.807) is 4.68 Å². The molecule has 0 spiro atoms. The maximum absolute atomic E-state index is 4.03. The Morgan fingerprint density at radius 1 is 0.947 bits per heavy atom. The van der Waals surface area contributed by atoms with E-state index >= 15 is 0 Å². The molecule has 0 N–H and O–H groups in total. The molecule has 0 aliphatic carbocycles. The summed E-state index contributed by atoms with van der Waals surface area (Å²) in [5.41, 5.74) is 3.31. The third kappa shape index (κ3) is 2.37. The molecule has 1 heterocycles. The van der Waals surface area contributed by atoms with Crippen LogP contribution in [0, 0.1) is 0 Å². The van der Waals surface area contributed by atoms with E-state index in [0.29, 0.717) is 0 Å². The summed E-state index contributed by atoms with van der Waals surface area (Å²) >= 11 is 1.53. The maximum Gasteiger partial charge on any atom is 0.213 e. The lowest BCUT2D eigenvalue weighted by Crippen LogP contribution is -1.98. The third-order valence-corrected chi connectivity index (χ3v) is 3.44. The Hall–Kier alpha value is -2.14. The Kier molecular flexibility index (Phi) is 3.29. The minimum Gasteiger partial charge on any atom is -0.187 e. The van der Waals surface area contributed by atoms with Gasteiger partial charge in [-0.2, -0.15) is 4.68 Å². The van der Waals surface area contributed by atoms with Gasteiger partial charge >= 0.3 is 0 Å². The first-order valence-electron chi connectivity index (χ1n) is 5.87. The van der Waals surface area contributed by atoms with Crippen LogP contribution >= 0.6 is 11.8 Å². The number of rotatable bonds is 3. The number of aromatic nitrogens is 4. The quantitative estimate of drug-likeness (QED) is 0.685. The van der Waals surface area contributed by atoms with Crippen molar-refractivity contribution >= 4 is 11.8 Å². The summed E-state index contributed by atoms with van der Waals surface area (Å²) in [6.07, 6.45) is 1.96. The van der Waals surface area contributed by atoms with Crippen molar-refractivity contribution in [1.29, 1.82) is 0 Å². The highest BCUT2D eigenvalue weighted by Crippen LogP contribution is 2.23. The molecule has 0 bridgehead atoms. The lowest BCUT2D eigenvalue weighted by atomic mass is 10.1. The average molecular weight is 268 g/mol. The third-order valence-electron chi connectivity index (χ3n) is 2.82. The van der Waals surface area contributed by atoms with Crippen molar-refractivity contribution in [3.05, 3.63) is 54.6 Å². The molecule has 0 aliphatic rings. The molecule has 0 aliphatic heterocycles. The van der Waals surface area contributed by atoms with Crippen LogP contribution in [0.5, 0.6) is 0 Å². The van der Waals surface area contributed by atoms with Crippen LogP contribution < -0.4 is 0 Å². The highest BCUT2D eigenvalue weighted by molar-refractivity contribution is 7.98. The minimum atomic E-state index is 0.783. The lowest BCUT2D eigenvalue weighted by molar-refractivity contribution is 0.757. The predicted octanol–water partition coefficient (Wildman–Crippen LogP) is 3.05. The van der Waals surface area contributed by atoms with Crippen LogP contribution in [-0.2, 0) is 0 Å². The second-order valence-corrected chi connectivity index (χ2v) is 4.77. The number of benzene rings is 2. The minimum absolute atomic E-state index is 0.783. The monoisotopic (exact) mass is 268 g/mol. The number of thioether (sulfide) groups is 1. The van der Waals surface area contributed by atoms with E-state index in [-0.39, 0.29) is 0 Å². The molecule has 0 saturated heterocycles. The van der Waals surface area contributed by atoms with Crippen molar-refractivity contribution < 1.29 is 0 Å². The zero-order valence-corrected chi connectivity index (χ0v) is 11.2. The summed E-state index contributed by atoms with van der Waals surface area (Å²) in [4.78, 5) is 0. The molecule has 0 unspecified atom stereocenters. The van der Waals surface area contributed by atoms with Gasteiger partial charge in [0, 0.05) is 0 Å². The van der Waals surface area contributed by atoms with E-state index in [2.05, 4.69) is 39.8 Å². The normalized spacial score (nSPS) is 10.6. The summed E-state index contributed by atoms with van der Waals surface area (Å²) < 4.78 is 1.75. The first kappa shape index (κ1) is 11.9. The Labute approximate surface area is 115 Å². The van der Waals surface area contributed by atoms with Crippen molar-refractivity contribution in [2.45, 2.75) is 5.16 Å². The van der Waals surface area contributed by atoms with Crippen LogP contribution in [0.3, 0.4) is 0 Å². The van der Waals surface area contributed by atoms with Crippen molar-refractivity contribution in [3.8, 4) is 16.8 Å². The fourth-order valence-corrected chi connectivity index (χ4v) is 2.35. The van der Waals surface area contributed by atoms with Crippen LogP contribution in [0.4, 0.5) is 0 Å². The topological polar surface area (TPSA) is 43.6 Å². The number of hydrogen-bond acceptors (Lipinski definition) is 4. The van der Waals surface area contributed by atoms with E-state index in [4.69, 9.17) is 0 Å². The molecule has 19 heavy (non-hydrogen) atoms. The van der Waals surface area contributed by atoms with Crippen molar-refractivity contribution in [2.75, 3.05) is 6.26 Å². The smallest absolute Gasteiger partial charge is 0.187 e. The molecule has 0 atom stereocenters. The van der Waals surface area contributed by atoms with Crippen molar-refractivity contribution in [3.63, 3.8) is 0 Å². The molecule has 1 aromatic heterocycles. The summed E-state index contributed by atoms with van der Waals surface area (Å²) in [6, 6.07) is 18.5. The highest BCUT2D eigenvalue weighted by Gasteiger charge is 2.07. The molecule has 0 fully saturated rings. The first-order valence-corrected chi connectivity index (χ1v) is 7.09. The van der Waals surface area contributed by atoms with E-state index in [1.165, 1.54) is 17.3 Å². The zero-order chi connectivity index (χ0) is 13.1. The summed E-state index contributed by atoms with van der Waals surface area (Å²) in [6.45, 7) is 0. The second kappa shape index (κ2) is 5.24. The maximum atomic E-state index is 4.03. The van der Waals surface area contributed by atoms with Gasteiger partial charge in [-0.1, -0.05) is 54.2 Å². The second-order valence-electron chi connectivity index (χ2n) is 3.99. The van der Waals surface area contributed by atoms with Gasteiger partial charge in [-0.3, -0.25) is 0 Å². The average Bonchev–Trinajstić information content (AvgIpc) is 2.97. The lowest BCUT2D eigenvalue weighted by Gasteiger charge is -2.06. The molecule has 0 radical (unpaired) electrons. The van der Waals surface area contributed by atoms with E-state index < -0.39 is 0 Å². The Morgan fingerprint density at radius 2 is 1.74 bits per heavy atom. The van der Waals surface area contributed by atoms with Gasteiger partial charge in [0.15, 0.2) is 0 Å². The summed E-state index contributed by atoms with van der Waals surface area (Å²) in [5.74, 6) is 0. The van der Waals surface area contributed by atoms with Crippen LogP contribution in [-0.4, -0.2) is 26.5 Å². The van der Waals surface area contributed by atoms with Gasteiger partial charge in [-0.15, -0.1) is 5.10 Å². The Balaban J connectivity index is 2.06. The molecule has 94 valence electrons. The molecule has 4 nitrogen and oxygen atoms in total. The Bertz CT molecular complexity index is 679. The molecule has 3 aromatic rings. The van der Waals surface area contributed by atoms with Crippen LogP contribution in [0.1, 0.15) is 0 Å². The fraction of sp³-hybridized carbons (Fsp3) is 0.0714. The molecule has 2 aromatic carbocycles. The molecular formula is C14H12N4S. The molecule has 0 amide bonds. The first-order chi connectivity index (χ1) is 9.38. The largest absolute Gasteiger partial charge is 0.213 e. The zero-order valence-electron chi connectivity index (χ0n) is 10.4. The molecule has 3 rings (SSSR count). The molecule has 0 saturated carbocycles. The standard InChI is InChI=1S/C14H12N4S/c1-19-14-15-16-17-18(14)13-9-5-8-12(10-13)11-6-3-2-4-7-11/h2-10H,1H3. The number of nitrogens with zero attached hydrogens (tertiary/aromatic N) is 4. The number of hydrogen-bond donors (Lipinski definition) is 0. The van der Waals surface area contributed by atoms with Gasteiger partial charge in [0.25, 0.3) is 0 Å². The van der Waals surface area contributed by atoms with E-state index in [9.17, 15) is 0 Å². The van der Waals surface area contributed by atoms with Crippen molar-refractivity contribution in [1.82, 2.24) is 20.2 Å². The Morgan fingerprint density at radius 3 is 2.53 bits per heavy atom. The van der Waals surface area contributed by atoms with Gasteiger partial charge < -0.3 is 0 Å². The fourth-order valence-electron chi connectivity index (χ4n) is 1.92. The molecular weight excluding hydrogens is 256 g/mol. The van der Waals surface area contributed by atoms with Gasteiger partial charge in [-0.25, -0.2) is 0 Å².